The van der Waals surface area contributed by atoms with Crippen LogP contribution in [0.2, 0.25) is 5.02 Å². The highest BCUT2D eigenvalue weighted by Gasteiger charge is 2.26. The fraction of sp³-hybridized carbons (Fsp3) is 0.471. The molecule has 22 heavy (non-hydrogen) atoms. The molecule has 0 amide bonds. The van der Waals surface area contributed by atoms with Gasteiger partial charge in [0, 0.05) is 29.7 Å². The lowest BCUT2D eigenvalue weighted by Crippen LogP contribution is -2.47. The maximum absolute atomic E-state index is 5.91. The predicted molar refractivity (Wildman–Crippen MR) is 86.9 cm³/mol. The molecule has 1 aromatic heterocycles. The average molecular weight is 321 g/mol. The SMILES string of the molecule is CCC1COC(C)CN1Cc1coc(-c2ccc(Cl)cc2)n1. The minimum Gasteiger partial charge on any atom is -0.444 e. The summed E-state index contributed by atoms with van der Waals surface area (Å²) >= 11 is 5.91. The molecule has 0 radical (unpaired) electrons. The lowest BCUT2D eigenvalue weighted by Gasteiger charge is -2.37. The van der Waals surface area contributed by atoms with E-state index in [-0.39, 0.29) is 6.10 Å². The third-order valence-electron chi connectivity index (χ3n) is 4.06. The van der Waals surface area contributed by atoms with Crippen LogP contribution in [0.3, 0.4) is 0 Å². The lowest BCUT2D eigenvalue weighted by molar-refractivity contribution is -0.0595. The van der Waals surface area contributed by atoms with Crippen molar-refractivity contribution >= 4 is 11.6 Å². The first kappa shape index (κ1) is 15.5. The normalized spacial score (nSPS) is 22.9. The van der Waals surface area contributed by atoms with E-state index in [0.717, 1.165) is 37.4 Å². The van der Waals surface area contributed by atoms with Crippen molar-refractivity contribution in [2.24, 2.45) is 0 Å². The van der Waals surface area contributed by atoms with E-state index in [1.54, 1.807) is 6.26 Å². The number of nitrogens with zero attached hydrogens (tertiary/aromatic N) is 2. The Morgan fingerprint density at radius 1 is 1.32 bits per heavy atom. The molecule has 0 aliphatic carbocycles. The fourth-order valence-electron chi connectivity index (χ4n) is 2.80. The number of rotatable bonds is 4. The highest BCUT2D eigenvalue weighted by atomic mass is 35.5. The van der Waals surface area contributed by atoms with Gasteiger partial charge in [-0.3, -0.25) is 4.90 Å². The van der Waals surface area contributed by atoms with Gasteiger partial charge in [0.1, 0.15) is 6.26 Å². The van der Waals surface area contributed by atoms with Gasteiger partial charge >= 0.3 is 0 Å². The molecule has 4 nitrogen and oxygen atoms in total. The first-order chi connectivity index (χ1) is 10.7. The second kappa shape index (κ2) is 6.82. The molecule has 0 spiro atoms. The molecule has 2 unspecified atom stereocenters. The van der Waals surface area contributed by atoms with Crippen molar-refractivity contribution in [2.75, 3.05) is 13.2 Å². The van der Waals surface area contributed by atoms with Crippen LogP contribution in [0, 0.1) is 0 Å². The number of halogens is 1. The molecule has 2 aromatic rings. The van der Waals surface area contributed by atoms with Crippen LogP contribution in [0.4, 0.5) is 0 Å². The summed E-state index contributed by atoms with van der Waals surface area (Å²) in [7, 11) is 0. The zero-order valence-corrected chi connectivity index (χ0v) is 13.7. The van der Waals surface area contributed by atoms with Gasteiger partial charge in [0.2, 0.25) is 5.89 Å². The van der Waals surface area contributed by atoms with Gasteiger partial charge < -0.3 is 9.15 Å². The van der Waals surface area contributed by atoms with E-state index in [1.807, 2.05) is 24.3 Å². The van der Waals surface area contributed by atoms with Crippen LogP contribution in [0.1, 0.15) is 26.0 Å². The van der Waals surface area contributed by atoms with Gasteiger partial charge in [-0.05, 0) is 37.6 Å². The van der Waals surface area contributed by atoms with Crippen LogP contribution in [0.15, 0.2) is 34.9 Å². The molecule has 2 heterocycles. The number of ether oxygens (including phenoxy) is 1. The molecule has 0 N–H and O–H groups in total. The summed E-state index contributed by atoms with van der Waals surface area (Å²) < 4.78 is 11.4. The summed E-state index contributed by atoms with van der Waals surface area (Å²) in [5, 5.41) is 0.712. The van der Waals surface area contributed by atoms with Crippen molar-refractivity contribution in [3.05, 3.63) is 41.2 Å². The Bertz CT molecular complexity index is 611. The lowest BCUT2D eigenvalue weighted by atomic mass is 10.1. The summed E-state index contributed by atoms with van der Waals surface area (Å²) in [5.74, 6) is 0.640. The molecule has 1 aromatic carbocycles. The Balaban J connectivity index is 1.72. The maximum atomic E-state index is 5.91. The molecule has 5 heteroatoms. The summed E-state index contributed by atoms with van der Waals surface area (Å²) in [6.45, 7) is 6.82. The molecule has 1 saturated heterocycles. The smallest absolute Gasteiger partial charge is 0.226 e. The number of oxazole rings is 1. The average Bonchev–Trinajstić information content (AvgIpc) is 2.97. The molecule has 3 rings (SSSR count). The van der Waals surface area contributed by atoms with Gasteiger partial charge in [0.15, 0.2) is 0 Å². The Morgan fingerprint density at radius 2 is 2.09 bits per heavy atom. The third-order valence-corrected chi connectivity index (χ3v) is 4.31. The van der Waals surface area contributed by atoms with E-state index in [1.165, 1.54) is 0 Å². The summed E-state index contributed by atoms with van der Waals surface area (Å²) in [5.41, 5.74) is 1.90. The van der Waals surface area contributed by atoms with Crippen molar-refractivity contribution in [1.29, 1.82) is 0 Å². The van der Waals surface area contributed by atoms with Gasteiger partial charge in [-0.2, -0.15) is 0 Å². The minimum absolute atomic E-state index is 0.269. The number of benzene rings is 1. The van der Waals surface area contributed by atoms with Crippen LogP contribution >= 0.6 is 11.6 Å². The molecule has 1 fully saturated rings. The van der Waals surface area contributed by atoms with Crippen molar-refractivity contribution < 1.29 is 9.15 Å². The highest BCUT2D eigenvalue weighted by molar-refractivity contribution is 6.30. The number of aromatic nitrogens is 1. The van der Waals surface area contributed by atoms with E-state index in [9.17, 15) is 0 Å². The zero-order valence-electron chi connectivity index (χ0n) is 13.0. The van der Waals surface area contributed by atoms with Gasteiger partial charge in [0.25, 0.3) is 0 Å². The van der Waals surface area contributed by atoms with Crippen LogP contribution in [-0.2, 0) is 11.3 Å². The van der Waals surface area contributed by atoms with E-state index < -0.39 is 0 Å². The van der Waals surface area contributed by atoms with Gasteiger partial charge in [0.05, 0.1) is 18.4 Å². The van der Waals surface area contributed by atoms with Crippen LogP contribution < -0.4 is 0 Å². The maximum Gasteiger partial charge on any atom is 0.226 e. The van der Waals surface area contributed by atoms with Crippen LogP contribution in [0.5, 0.6) is 0 Å². The Kier molecular flexibility index (Phi) is 4.81. The van der Waals surface area contributed by atoms with Crippen molar-refractivity contribution in [3.8, 4) is 11.5 Å². The third kappa shape index (κ3) is 3.51. The molecule has 1 aliphatic rings. The monoisotopic (exact) mass is 320 g/mol. The molecule has 0 saturated carbocycles. The zero-order chi connectivity index (χ0) is 15.5. The largest absolute Gasteiger partial charge is 0.444 e. The fourth-order valence-corrected chi connectivity index (χ4v) is 2.92. The summed E-state index contributed by atoms with van der Waals surface area (Å²) in [6.07, 6.45) is 3.09. The van der Waals surface area contributed by atoms with E-state index >= 15 is 0 Å². The number of hydrogen-bond donors (Lipinski definition) is 0. The molecular weight excluding hydrogens is 300 g/mol. The molecule has 2 atom stereocenters. The van der Waals surface area contributed by atoms with Gasteiger partial charge in [-0.25, -0.2) is 4.98 Å². The second-order valence-electron chi connectivity index (χ2n) is 5.79. The molecule has 0 bridgehead atoms. The van der Waals surface area contributed by atoms with E-state index in [2.05, 4.69) is 23.7 Å². The van der Waals surface area contributed by atoms with E-state index in [4.69, 9.17) is 20.8 Å². The topological polar surface area (TPSA) is 38.5 Å². The van der Waals surface area contributed by atoms with Crippen molar-refractivity contribution in [2.45, 2.75) is 39.0 Å². The summed E-state index contributed by atoms with van der Waals surface area (Å²) in [4.78, 5) is 7.03. The quantitative estimate of drug-likeness (QED) is 0.853. The number of morpholine rings is 1. The highest BCUT2D eigenvalue weighted by Crippen LogP contribution is 2.23. The van der Waals surface area contributed by atoms with Crippen LogP contribution in [-0.4, -0.2) is 35.2 Å². The Labute approximate surface area is 136 Å². The predicted octanol–water partition coefficient (Wildman–Crippen LogP) is 3.99. The van der Waals surface area contributed by atoms with Crippen molar-refractivity contribution in [3.63, 3.8) is 0 Å². The first-order valence-corrected chi connectivity index (χ1v) is 8.09. The first-order valence-electron chi connectivity index (χ1n) is 7.71. The van der Waals surface area contributed by atoms with Gasteiger partial charge in [-0.15, -0.1) is 0 Å². The standard InChI is InChI=1S/C17H21ClN2O2/c1-3-16-11-21-12(2)8-20(16)9-15-10-22-17(19-15)13-4-6-14(18)7-5-13/h4-7,10,12,16H,3,8-9,11H2,1-2H3. The minimum atomic E-state index is 0.269. The summed E-state index contributed by atoms with van der Waals surface area (Å²) in [6, 6.07) is 7.98. The number of hydrogen-bond acceptors (Lipinski definition) is 4. The molecule has 1 aliphatic heterocycles. The Morgan fingerprint density at radius 3 is 2.82 bits per heavy atom. The van der Waals surface area contributed by atoms with Crippen LogP contribution in [0.25, 0.3) is 11.5 Å². The second-order valence-corrected chi connectivity index (χ2v) is 6.22. The van der Waals surface area contributed by atoms with E-state index in [0.29, 0.717) is 17.0 Å². The van der Waals surface area contributed by atoms with Crippen molar-refractivity contribution in [1.82, 2.24) is 9.88 Å². The van der Waals surface area contributed by atoms with Gasteiger partial charge in [-0.1, -0.05) is 18.5 Å². The Hall–Kier alpha value is -1.36. The molecular formula is C17H21ClN2O2. The molecule has 118 valence electrons.